The van der Waals surface area contributed by atoms with E-state index in [-0.39, 0.29) is 0 Å². The van der Waals surface area contributed by atoms with Gasteiger partial charge in [-0.05, 0) is 6.92 Å². The number of hydrogen-bond acceptors (Lipinski definition) is 5. The SMILES string of the molecule is Cc1ncsc1-c1csc2nc(CN)cn12. The van der Waals surface area contributed by atoms with Crippen molar-refractivity contribution in [3.8, 4) is 10.6 Å². The number of nitrogens with two attached hydrogens (primary N) is 1. The van der Waals surface area contributed by atoms with E-state index >= 15 is 0 Å². The standard InChI is InChI=1S/C10H10N4S2/c1-6-9(16-5-12-6)8-4-15-10-13-7(2-11)3-14(8)10/h3-5H,2,11H2,1H3. The highest BCUT2D eigenvalue weighted by atomic mass is 32.1. The molecule has 82 valence electrons. The molecule has 0 unspecified atom stereocenters. The maximum absolute atomic E-state index is 5.59. The Balaban J connectivity index is 2.24. The van der Waals surface area contributed by atoms with Gasteiger partial charge >= 0.3 is 0 Å². The molecule has 0 aliphatic rings. The highest BCUT2D eigenvalue weighted by molar-refractivity contribution is 7.16. The van der Waals surface area contributed by atoms with Gasteiger partial charge in [0.1, 0.15) is 0 Å². The normalized spacial score (nSPS) is 11.4. The second kappa shape index (κ2) is 3.65. The predicted molar refractivity (Wildman–Crippen MR) is 66.8 cm³/mol. The van der Waals surface area contributed by atoms with E-state index in [9.17, 15) is 0 Å². The van der Waals surface area contributed by atoms with Gasteiger partial charge in [0.2, 0.25) is 0 Å². The van der Waals surface area contributed by atoms with Crippen LogP contribution in [-0.4, -0.2) is 14.4 Å². The number of thiazole rings is 2. The number of nitrogens with zero attached hydrogens (tertiary/aromatic N) is 3. The second-order valence-corrected chi connectivity index (χ2v) is 5.17. The third kappa shape index (κ3) is 1.38. The summed E-state index contributed by atoms with van der Waals surface area (Å²) in [6.45, 7) is 2.51. The van der Waals surface area contributed by atoms with Crippen molar-refractivity contribution in [1.29, 1.82) is 0 Å². The summed E-state index contributed by atoms with van der Waals surface area (Å²) < 4.78 is 2.09. The van der Waals surface area contributed by atoms with Crippen LogP contribution in [0.5, 0.6) is 0 Å². The zero-order valence-electron chi connectivity index (χ0n) is 8.67. The minimum absolute atomic E-state index is 0.482. The summed E-state index contributed by atoms with van der Waals surface area (Å²) in [5.74, 6) is 0. The number of hydrogen-bond donors (Lipinski definition) is 1. The van der Waals surface area contributed by atoms with Crippen LogP contribution in [0.3, 0.4) is 0 Å². The molecule has 4 nitrogen and oxygen atoms in total. The smallest absolute Gasteiger partial charge is 0.194 e. The molecule has 0 bridgehead atoms. The minimum atomic E-state index is 0.482. The van der Waals surface area contributed by atoms with Crippen molar-refractivity contribution in [1.82, 2.24) is 14.4 Å². The molecule has 0 fully saturated rings. The predicted octanol–water partition coefficient (Wildman–Crippen LogP) is 2.29. The average Bonchev–Trinajstić information content (AvgIpc) is 2.92. The quantitative estimate of drug-likeness (QED) is 0.759. The largest absolute Gasteiger partial charge is 0.325 e. The Morgan fingerprint density at radius 1 is 1.44 bits per heavy atom. The number of rotatable bonds is 2. The van der Waals surface area contributed by atoms with Crippen molar-refractivity contribution in [2.24, 2.45) is 5.73 Å². The van der Waals surface area contributed by atoms with Gasteiger partial charge in [-0.25, -0.2) is 9.97 Å². The molecule has 0 radical (unpaired) electrons. The molecule has 3 heterocycles. The van der Waals surface area contributed by atoms with Gasteiger partial charge in [-0.15, -0.1) is 22.7 Å². The third-order valence-electron chi connectivity index (χ3n) is 2.45. The van der Waals surface area contributed by atoms with Crippen LogP contribution < -0.4 is 5.73 Å². The summed E-state index contributed by atoms with van der Waals surface area (Å²) in [6, 6.07) is 0. The first-order valence-corrected chi connectivity index (χ1v) is 6.61. The van der Waals surface area contributed by atoms with Crippen LogP contribution in [0.25, 0.3) is 15.5 Å². The molecule has 0 aliphatic heterocycles. The molecular weight excluding hydrogens is 240 g/mol. The van der Waals surface area contributed by atoms with Crippen LogP contribution in [0, 0.1) is 6.92 Å². The van der Waals surface area contributed by atoms with Crippen molar-refractivity contribution in [3.63, 3.8) is 0 Å². The zero-order chi connectivity index (χ0) is 11.1. The van der Waals surface area contributed by atoms with Gasteiger partial charge in [0.15, 0.2) is 4.96 Å². The minimum Gasteiger partial charge on any atom is -0.325 e. The Bertz CT molecular complexity index is 634. The molecule has 6 heteroatoms. The maximum atomic E-state index is 5.59. The first-order chi connectivity index (χ1) is 7.79. The lowest BCUT2D eigenvalue weighted by atomic mass is 10.3. The summed E-state index contributed by atoms with van der Waals surface area (Å²) >= 11 is 3.29. The van der Waals surface area contributed by atoms with Gasteiger partial charge in [0.05, 0.1) is 27.5 Å². The Morgan fingerprint density at radius 3 is 3.00 bits per heavy atom. The van der Waals surface area contributed by atoms with Crippen molar-refractivity contribution in [3.05, 3.63) is 28.5 Å². The fourth-order valence-corrected chi connectivity index (χ4v) is 3.41. The van der Waals surface area contributed by atoms with Crippen molar-refractivity contribution in [2.45, 2.75) is 13.5 Å². The van der Waals surface area contributed by atoms with Gasteiger partial charge in [-0.1, -0.05) is 0 Å². The fourth-order valence-electron chi connectivity index (χ4n) is 1.64. The average molecular weight is 250 g/mol. The van der Waals surface area contributed by atoms with Crippen LogP contribution in [-0.2, 0) is 6.54 Å². The van der Waals surface area contributed by atoms with E-state index in [0.717, 1.165) is 22.0 Å². The van der Waals surface area contributed by atoms with E-state index in [1.165, 1.54) is 4.88 Å². The van der Waals surface area contributed by atoms with Gasteiger partial charge < -0.3 is 5.73 Å². The molecule has 0 spiro atoms. The molecule has 16 heavy (non-hydrogen) atoms. The Kier molecular flexibility index (Phi) is 2.27. The number of fused-ring (bicyclic) bond motifs is 1. The van der Waals surface area contributed by atoms with E-state index in [4.69, 9.17) is 5.73 Å². The molecule has 0 aliphatic carbocycles. The molecule has 3 rings (SSSR count). The highest BCUT2D eigenvalue weighted by Crippen LogP contribution is 2.31. The van der Waals surface area contributed by atoms with E-state index in [1.54, 1.807) is 22.7 Å². The number of aryl methyl sites for hydroxylation is 1. The van der Waals surface area contributed by atoms with Gasteiger partial charge in [-0.2, -0.15) is 0 Å². The number of aromatic nitrogens is 3. The molecule has 0 atom stereocenters. The van der Waals surface area contributed by atoms with Gasteiger partial charge in [0.25, 0.3) is 0 Å². The Morgan fingerprint density at radius 2 is 2.31 bits per heavy atom. The van der Waals surface area contributed by atoms with Gasteiger partial charge in [-0.3, -0.25) is 4.40 Å². The van der Waals surface area contributed by atoms with Crippen molar-refractivity contribution < 1.29 is 0 Å². The molecular formula is C10H10N4S2. The van der Waals surface area contributed by atoms with Crippen molar-refractivity contribution in [2.75, 3.05) is 0 Å². The highest BCUT2D eigenvalue weighted by Gasteiger charge is 2.12. The zero-order valence-corrected chi connectivity index (χ0v) is 10.3. The van der Waals surface area contributed by atoms with Crippen LogP contribution in [0.2, 0.25) is 0 Å². The Labute approximate surface area is 100 Å². The summed E-state index contributed by atoms with van der Waals surface area (Å²) in [4.78, 5) is 10.9. The van der Waals surface area contributed by atoms with Crippen LogP contribution >= 0.6 is 22.7 Å². The fraction of sp³-hybridized carbons (Fsp3) is 0.200. The molecule has 0 saturated heterocycles. The molecule has 2 N–H and O–H groups in total. The third-order valence-corrected chi connectivity index (χ3v) is 4.24. The van der Waals surface area contributed by atoms with Crippen LogP contribution in [0.15, 0.2) is 17.1 Å². The first-order valence-electron chi connectivity index (χ1n) is 4.85. The lowest BCUT2D eigenvalue weighted by molar-refractivity contribution is 1.02. The molecule has 0 amide bonds. The summed E-state index contributed by atoms with van der Waals surface area (Å²) in [7, 11) is 0. The monoisotopic (exact) mass is 250 g/mol. The Hall–Kier alpha value is -1.24. The van der Waals surface area contributed by atoms with E-state index in [1.807, 2.05) is 18.6 Å². The van der Waals surface area contributed by atoms with E-state index in [2.05, 4.69) is 19.7 Å². The summed E-state index contributed by atoms with van der Waals surface area (Å²) in [5.41, 5.74) is 10.6. The summed E-state index contributed by atoms with van der Waals surface area (Å²) in [6.07, 6.45) is 2.00. The van der Waals surface area contributed by atoms with Crippen molar-refractivity contribution >= 4 is 27.6 Å². The molecule has 3 aromatic rings. The maximum Gasteiger partial charge on any atom is 0.194 e. The van der Waals surface area contributed by atoms with Crippen LogP contribution in [0.1, 0.15) is 11.4 Å². The second-order valence-electron chi connectivity index (χ2n) is 3.48. The lowest BCUT2D eigenvalue weighted by Crippen LogP contribution is -1.95. The topological polar surface area (TPSA) is 56.2 Å². The lowest BCUT2D eigenvalue weighted by Gasteiger charge is -1.95. The molecule has 0 aromatic carbocycles. The van der Waals surface area contributed by atoms with Gasteiger partial charge in [0, 0.05) is 18.1 Å². The molecule has 0 saturated carbocycles. The summed E-state index contributed by atoms with van der Waals surface area (Å²) in [5, 5.41) is 2.11. The van der Waals surface area contributed by atoms with Crippen LogP contribution in [0.4, 0.5) is 0 Å². The molecule has 3 aromatic heterocycles. The van der Waals surface area contributed by atoms with E-state index in [0.29, 0.717) is 6.54 Å². The first kappa shape index (κ1) is 9.95. The van der Waals surface area contributed by atoms with E-state index < -0.39 is 0 Å². The number of imidazole rings is 1.